The standard InChI is InChI=1S/C21H27FN2O4/c22-18-8-6-16(7-9-18)20(27)24-12-2-4-17(14-24)21(28)23-11-1-3-15(13-23)5-10-19(25)26/h6-9,15,17H,1-5,10-14H2,(H,25,26)/t15-,17+/m0/s1. The van der Waals surface area contributed by atoms with E-state index in [1.54, 1.807) is 4.90 Å². The van der Waals surface area contributed by atoms with Gasteiger partial charge in [0.1, 0.15) is 5.82 Å². The van der Waals surface area contributed by atoms with Gasteiger partial charge in [-0.25, -0.2) is 4.39 Å². The molecular formula is C21H27FN2O4. The van der Waals surface area contributed by atoms with Gasteiger partial charge in [-0.1, -0.05) is 0 Å². The summed E-state index contributed by atoms with van der Waals surface area (Å²) in [6, 6.07) is 5.48. The van der Waals surface area contributed by atoms with Crippen LogP contribution in [0.5, 0.6) is 0 Å². The highest BCUT2D eigenvalue weighted by molar-refractivity contribution is 5.94. The molecule has 0 bridgehead atoms. The lowest BCUT2D eigenvalue weighted by Crippen LogP contribution is -2.49. The van der Waals surface area contributed by atoms with Crippen LogP contribution in [-0.4, -0.2) is 58.9 Å². The van der Waals surface area contributed by atoms with Crippen molar-refractivity contribution in [2.75, 3.05) is 26.2 Å². The topological polar surface area (TPSA) is 77.9 Å². The lowest BCUT2D eigenvalue weighted by Gasteiger charge is -2.38. The number of amides is 2. The Balaban J connectivity index is 1.58. The van der Waals surface area contributed by atoms with Crippen molar-refractivity contribution in [2.45, 2.75) is 38.5 Å². The third kappa shape index (κ3) is 5.09. The van der Waals surface area contributed by atoms with E-state index in [1.807, 2.05) is 4.90 Å². The molecule has 0 spiro atoms. The molecule has 7 heteroatoms. The second-order valence-electron chi connectivity index (χ2n) is 7.82. The average Bonchev–Trinajstić information content (AvgIpc) is 2.72. The number of aliphatic carboxylic acids is 1. The fourth-order valence-electron chi connectivity index (χ4n) is 4.22. The third-order valence-electron chi connectivity index (χ3n) is 5.75. The van der Waals surface area contributed by atoms with Crippen LogP contribution in [0.1, 0.15) is 48.9 Å². The molecule has 28 heavy (non-hydrogen) atoms. The zero-order chi connectivity index (χ0) is 20.1. The van der Waals surface area contributed by atoms with Crippen molar-refractivity contribution in [3.05, 3.63) is 35.6 Å². The molecule has 2 amide bonds. The highest BCUT2D eigenvalue weighted by Crippen LogP contribution is 2.26. The third-order valence-corrected chi connectivity index (χ3v) is 5.75. The Morgan fingerprint density at radius 3 is 2.39 bits per heavy atom. The largest absolute Gasteiger partial charge is 0.481 e. The van der Waals surface area contributed by atoms with E-state index in [0.717, 1.165) is 25.7 Å². The predicted molar refractivity (Wildman–Crippen MR) is 101 cm³/mol. The summed E-state index contributed by atoms with van der Waals surface area (Å²) in [4.78, 5) is 40.0. The Morgan fingerprint density at radius 1 is 1.00 bits per heavy atom. The molecule has 1 N–H and O–H groups in total. The number of likely N-dealkylation sites (tertiary alicyclic amines) is 2. The van der Waals surface area contributed by atoms with E-state index in [1.165, 1.54) is 24.3 Å². The number of carbonyl (C=O) groups is 3. The van der Waals surface area contributed by atoms with Crippen molar-refractivity contribution in [3.63, 3.8) is 0 Å². The molecular weight excluding hydrogens is 363 g/mol. The maximum atomic E-state index is 13.1. The first-order valence-electron chi connectivity index (χ1n) is 9.99. The number of benzene rings is 1. The molecule has 3 rings (SSSR count). The Bertz CT molecular complexity index is 722. The van der Waals surface area contributed by atoms with Crippen molar-refractivity contribution in [1.29, 1.82) is 0 Å². The van der Waals surface area contributed by atoms with E-state index < -0.39 is 5.97 Å². The first kappa shape index (κ1) is 20.3. The van der Waals surface area contributed by atoms with Crippen molar-refractivity contribution in [1.82, 2.24) is 9.80 Å². The maximum absolute atomic E-state index is 13.1. The van der Waals surface area contributed by atoms with Crippen molar-refractivity contribution < 1.29 is 23.9 Å². The van der Waals surface area contributed by atoms with Gasteiger partial charge in [-0.05, 0) is 62.3 Å². The highest BCUT2D eigenvalue weighted by atomic mass is 19.1. The number of carboxylic acids is 1. The Morgan fingerprint density at radius 2 is 1.68 bits per heavy atom. The highest BCUT2D eigenvalue weighted by Gasteiger charge is 2.33. The number of carboxylic acid groups (broad SMARTS) is 1. The minimum atomic E-state index is -0.800. The quantitative estimate of drug-likeness (QED) is 0.839. The Kier molecular flexibility index (Phi) is 6.65. The van der Waals surface area contributed by atoms with Crippen LogP contribution in [0, 0.1) is 17.7 Å². The van der Waals surface area contributed by atoms with Crippen LogP contribution in [0.3, 0.4) is 0 Å². The molecule has 2 heterocycles. The summed E-state index contributed by atoms with van der Waals surface area (Å²) in [5.74, 6) is -1.28. The van der Waals surface area contributed by atoms with Crippen molar-refractivity contribution in [2.24, 2.45) is 11.8 Å². The number of hydrogen-bond donors (Lipinski definition) is 1. The number of piperidine rings is 2. The van der Waals surface area contributed by atoms with Crippen molar-refractivity contribution in [3.8, 4) is 0 Å². The number of hydrogen-bond acceptors (Lipinski definition) is 3. The summed E-state index contributed by atoms with van der Waals surface area (Å²) < 4.78 is 13.1. The molecule has 2 atom stereocenters. The first-order chi connectivity index (χ1) is 13.4. The molecule has 6 nitrogen and oxygen atoms in total. The van der Waals surface area contributed by atoms with Crippen LogP contribution >= 0.6 is 0 Å². The van der Waals surface area contributed by atoms with E-state index in [0.29, 0.717) is 38.2 Å². The van der Waals surface area contributed by atoms with E-state index in [9.17, 15) is 18.8 Å². The minimum absolute atomic E-state index is 0.0663. The van der Waals surface area contributed by atoms with Gasteiger partial charge in [-0.2, -0.15) is 0 Å². The molecule has 2 aliphatic rings. The van der Waals surface area contributed by atoms with E-state index in [2.05, 4.69) is 0 Å². The molecule has 1 aromatic rings. The fraction of sp³-hybridized carbons (Fsp3) is 0.571. The Labute approximate surface area is 164 Å². The summed E-state index contributed by atoms with van der Waals surface area (Å²) in [7, 11) is 0. The molecule has 0 radical (unpaired) electrons. The molecule has 1 aromatic carbocycles. The summed E-state index contributed by atoms with van der Waals surface area (Å²) in [6.07, 6.45) is 4.09. The molecule has 2 fully saturated rings. The number of halogens is 1. The summed E-state index contributed by atoms with van der Waals surface area (Å²) in [6.45, 7) is 2.28. The normalized spacial score (nSPS) is 22.8. The van der Waals surface area contributed by atoms with Crippen LogP contribution in [0.4, 0.5) is 4.39 Å². The van der Waals surface area contributed by atoms with Crippen LogP contribution in [-0.2, 0) is 9.59 Å². The van der Waals surface area contributed by atoms with Gasteiger partial charge in [0.05, 0.1) is 5.92 Å². The van der Waals surface area contributed by atoms with E-state index in [4.69, 9.17) is 5.11 Å². The van der Waals surface area contributed by atoms with Crippen molar-refractivity contribution >= 4 is 17.8 Å². The van der Waals surface area contributed by atoms with Gasteiger partial charge < -0.3 is 14.9 Å². The van der Waals surface area contributed by atoms with Crippen LogP contribution in [0.15, 0.2) is 24.3 Å². The smallest absolute Gasteiger partial charge is 0.303 e. The number of nitrogens with zero attached hydrogens (tertiary/aromatic N) is 2. The lowest BCUT2D eigenvalue weighted by molar-refractivity contribution is -0.139. The average molecular weight is 390 g/mol. The second kappa shape index (κ2) is 9.17. The van der Waals surface area contributed by atoms with Gasteiger partial charge in [-0.15, -0.1) is 0 Å². The Hall–Kier alpha value is -2.44. The number of carbonyl (C=O) groups excluding carboxylic acids is 2. The van der Waals surface area contributed by atoms with E-state index >= 15 is 0 Å². The van der Waals surface area contributed by atoms with Gasteiger partial charge in [0.2, 0.25) is 5.91 Å². The SMILES string of the molecule is O=C(O)CC[C@@H]1CCCN(C(=O)[C@@H]2CCCN(C(=O)c3ccc(F)cc3)C2)C1. The fourth-order valence-corrected chi connectivity index (χ4v) is 4.22. The molecule has 0 unspecified atom stereocenters. The molecule has 0 aliphatic carbocycles. The molecule has 2 aliphatic heterocycles. The molecule has 0 aromatic heterocycles. The van der Waals surface area contributed by atoms with Gasteiger partial charge in [0.15, 0.2) is 0 Å². The molecule has 0 saturated carbocycles. The lowest BCUT2D eigenvalue weighted by atomic mass is 9.90. The van der Waals surface area contributed by atoms with Crippen LogP contribution in [0.2, 0.25) is 0 Å². The first-order valence-corrected chi connectivity index (χ1v) is 9.99. The van der Waals surface area contributed by atoms with E-state index in [-0.39, 0.29) is 35.9 Å². The summed E-state index contributed by atoms with van der Waals surface area (Å²) in [5.41, 5.74) is 0.432. The van der Waals surface area contributed by atoms with Gasteiger partial charge >= 0.3 is 5.97 Å². The predicted octanol–water partition coefficient (Wildman–Crippen LogP) is 2.78. The minimum Gasteiger partial charge on any atom is -0.481 e. The molecule has 2 saturated heterocycles. The van der Waals surface area contributed by atoms with Gasteiger partial charge in [0, 0.05) is 38.2 Å². The number of rotatable bonds is 5. The van der Waals surface area contributed by atoms with Crippen LogP contribution in [0.25, 0.3) is 0 Å². The van der Waals surface area contributed by atoms with Crippen LogP contribution < -0.4 is 0 Å². The molecule has 152 valence electrons. The zero-order valence-corrected chi connectivity index (χ0v) is 16.0. The summed E-state index contributed by atoms with van der Waals surface area (Å²) in [5, 5.41) is 8.87. The monoisotopic (exact) mass is 390 g/mol. The maximum Gasteiger partial charge on any atom is 0.303 e. The van der Waals surface area contributed by atoms with Gasteiger partial charge in [-0.3, -0.25) is 14.4 Å². The van der Waals surface area contributed by atoms with Gasteiger partial charge in [0.25, 0.3) is 5.91 Å². The zero-order valence-electron chi connectivity index (χ0n) is 16.0. The second-order valence-corrected chi connectivity index (χ2v) is 7.82. The summed E-state index contributed by atoms with van der Waals surface area (Å²) >= 11 is 0.